The first-order valence-corrected chi connectivity index (χ1v) is 9.43. The van der Waals surface area contributed by atoms with Crippen LogP contribution in [0.3, 0.4) is 0 Å². The third-order valence-electron chi connectivity index (χ3n) is 5.19. The largest absolute Gasteiger partial charge is 0.487 e. The van der Waals surface area contributed by atoms with Gasteiger partial charge in [-0.1, -0.05) is 48.9 Å². The van der Waals surface area contributed by atoms with E-state index < -0.39 is 5.66 Å². The number of nitrogens with zero attached hydrogens (tertiary/aromatic N) is 3. The molecular formula is C21H25N5O. The smallest absolute Gasteiger partial charge is 0.220 e. The van der Waals surface area contributed by atoms with Crippen LogP contribution in [0.5, 0.6) is 5.75 Å². The minimum atomic E-state index is -0.472. The molecule has 1 heterocycles. The van der Waals surface area contributed by atoms with Crippen LogP contribution in [0.2, 0.25) is 0 Å². The van der Waals surface area contributed by atoms with Crippen molar-refractivity contribution in [2.24, 2.45) is 21.5 Å². The summed E-state index contributed by atoms with van der Waals surface area (Å²) in [4.78, 5) is 11.0. The molecule has 4 rings (SSSR count). The van der Waals surface area contributed by atoms with Gasteiger partial charge in [0.2, 0.25) is 11.9 Å². The lowest BCUT2D eigenvalue weighted by Gasteiger charge is -2.45. The van der Waals surface area contributed by atoms with E-state index in [0.717, 1.165) is 42.7 Å². The quantitative estimate of drug-likeness (QED) is 0.871. The first kappa shape index (κ1) is 17.4. The average molecular weight is 363 g/mol. The van der Waals surface area contributed by atoms with Crippen LogP contribution in [0.1, 0.15) is 37.7 Å². The van der Waals surface area contributed by atoms with Crippen LogP contribution in [-0.2, 0) is 6.61 Å². The Bertz CT molecular complexity index is 856. The van der Waals surface area contributed by atoms with Gasteiger partial charge in [0.05, 0.1) is 5.69 Å². The third-order valence-corrected chi connectivity index (χ3v) is 5.19. The number of nitrogens with two attached hydrogens (primary N) is 2. The van der Waals surface area contributed by atoms with Gasteiger partial charge in [0.15, 0.2) is 0 Å². The van der Waals surface area contributed by atoms with Crippen LogP contribution in [0, 0.1) is 0 Å². The van der Waals surface area contributed by atoms with Crippen molar-refractivity contribution in [3.05, 3.63) is 60.2 Å². The molecule has 0 saturated heterocycles. The van der Waals surface area contributed by atoms with Crippen molar-refractivity contribution in [2.45, 2.75) is 44.4 Å². The van der Waals surface area contributed by atoms with Gasteiger partial charge >= 0.3 is 0 Å². The SMILES string of the molecule is NC1=NC2(CCCCC2)N(c2ccccc2OCc2ccccc2)C(N)=N1. The van der Waals surface area contributed by atoms with Crippen molar-refractivity contribution < 1.29 is 4.74 Å². The molecule has 4 N–H and O–H groups in total. The normalized spacial score (nSPS) is 18.7. The molecule has 1 fully saturated rings. The van der Waals surface area contributed by atoms with E-state index in [2.05, 4.69) is 4.99 Å². The summed E-state index contributed by atoms with van der Waals surface area (Å²) in [5.41, 5.74) is 13.8. The Balaban J connectivity index is 1.68. The van der Waals surface area contributed by atoms with E-state index in [1.54, 1.807) is 0 Å². The number of aliphatic imine (C=N–C) groups is 2. The molecule has 0 amide bonds. The molecule has 0 radical (unpaired) electrons. The second-order valence-corrected chi connectivity index (χ2v) is 7.06. The fourth-order valence-electron chi connectivity index (χ4n) is 3.97. The summed E-state index contributed by atoms with van der Waals surface area (Å²) >= 11 is 0. The highest BCUT2D eigenvalue weighted by atomic mass is 16.5. The zero-order valence-corrected chi connectivity index (χ0v) is 15.3. The second-order valence-electron chi connectivity index (χ2n) is 7.06. The van der Waals surface area contributed by atoms with Crippen LogP contribution in [0.4, 0.5) is 5.69 Å². The van der Waals surface area contributed by atoms with E-state index in [-0.39, 0.29) is 5.96 Å². The maximum Gasteiger partial charge on any atom is 0.220 e. The number of rotatable bonds is 4. The Morgan fingerprint density at radius 3 is 2.41 bits per heavy atom. The van der Waals surface area contributed by atoms with Gasteiger partial charge in [-0.3, -0.25) is 4.90 Å². The summed E-state index contributed by atoms with van der Waals surface area (Å²) in [5.74, 6) is 1.40. The summed E-state index contributed by atoms with van der Waals surface area (Å²) in [7, 11) is 0. The Labute approximate surface area is 159 Å². The molecule has 2 aromatic rings. The molecule has 140 valence electrons. The summed E-state index contributed by atoms with van der Waals surface area (Å²) in [6.45, 7) is 0.487. The Morgan fingerprint density at radius 1 is 0.926 bits per heavy atom. The number of benzene rings is 2. The van der Waals surface area contributed by atoms with Gasteiger partial charge < -0.3 is 16.2 Å². The Morgan fingerprint density at radius 2 is 1.63 bits per heavy atom. The van der Waals surface area contributed by atoms with Gasteiger partial charge in [0.25, 0.3) is 0 Å². The highest BCUT2D eigenvalue weighted by Gasteiger charge is 2.43. The van der Waals surface area contributed by atoms with E-state index in [4.69, 9.17) is 21.2 Å². The molecule has 0 unspecified atom stereocenters. The molecule has 0 aromatic heterocycles. The van der Waals surface area contributed by atoms with Gasteiger partial charge in [-0.2, -0.15) is 4.99 Å². The number of hydrogen-bond acceptors (Lipinski definition) is 6. The van der Waals surface area contributed by atoms with Crippen LogP contribution >= 0.6 is 0 Å². The molecule has 27 heavy (non-hydrogen) atoms. The minimum absolute atomic E-state index is 0.258. The maximum atomic E-state index is 6.34. The van der Waals surface area contributed by atoms with Crippen molar-refractivity contribution in [3.63, 3.8) is 0 Å². The highest BCUT2D eigenvalue weighted by Crippen LogP contribution is 2.42. The zero-order chi connectivity index (χ0) is 18.7. The fourth-order valence-corrected chi connectivity index (χ4v) is 3.97. The van der Waals surface area contributed by atoms with Crippen molar-refractivity contribution in [2.75, 3.05) is 4.90 Å². The van der Waals surface area contributed by atoms with Gasteiger partial charge in [-0.15, -0.1) is 0 Å². The van der Waals surface area contributed by atoms with Crippen molar-refractivity contribution in [1.82, 2.24) is 0 Å². The third kappa shape index (κ3) is 3.47. The van der Waals surface area contributed by atoms with E-state index in [9.17, 15) is 0 Å². The van der Waals surface area contributed by atoms with Crippen LogP contribution < -0.4 is 21.1 Å². The molecule has 1 saturated carbocycles. The number of para-hydroxylation sites is 2. The summed E-state index contributed by atoms with van der Waals surface area (Å²) in [6, 6.07) is 18.0. The van der Waals surface area contributed by atoms with E-state index in [1.807, 2.05) is 59.5 Å². The van der Waals surface area contributed by atoms with Gasteiger partial charge in [0, 0.05) is 0 Å². The number of ether oxygens (including phenoxy) is 1. The summed E-state index contributed by atoms with van der Waals surface area (Å²) < 4.78 is 6.15. The first-order valence-electron chi connectivity index (χ1n) is 9.43. The number of guanidine groups is 2. The molecule has 2 aliphatic rings. The molecule has 0 atom stereocenters. The van der Waals surface area contributed by atoms with Gasteiger partial charge in [-0.05, 0) is 43.4 Å². The maximum absolute atomic E-state index is 6.34. The van der Waals surface area contributed by atoms with Gasteiger partial charge in [-0.25, -0.2) is 4.99 Å². The molecule has 2 aromatic carbocycles. The van der Waals surface area contributed by atoms with Crippen molar-refractivity contribution in [3.8, 4) is 5.75 Å². The second kappa shape index (κ2) is 7.31. The van der Waals surface area contributed by atoms with Crippen LogP contribution in [0.25, 0.3) is 0 Å². The first-order chi connectivity index (χ1) is 13.2. The van der Waals surface area contributed by atoms with Crippen LogP contribution in [-0.4, -0.2) is 17.6 Å². The minimum Gasteiger partial charge on any atom is -0.487 e. The molecule has 0 bridgehead atoms. The molecule has 6 nitrogen and oxygen atoms in total. The van der Waals surface area contributed by atoms with Gasteiger partial charge in [0.1, 0.15) is 18.0 Å². The topological polar surface area (TPSA) is 89.2 Å². The lowest BCUT2D eigenvalue weighted by atomic mass is 9.87. The molecule has 1 spiro atoms. The Hall–Kier alpha value is -3.02. The number of anilines is 1. The number of hydrogen-bond donors (Lipinski definition) is 2. The predicted octanol–water partition coefficient (Wildman–Crippen LogP) is 3.38. The lowest BCUT2D eigenvalue weighted by molar-refractivity contribution is 0.290. The Kier molecular flexibility index (Phi) is 4.71. The zero-order valence-electron chi connectivity index (χ0n) is 15.3. The average Bonchev–Trinajstić information content (AvgIpc) is 2.68. The monoisotopic (exact) mass is 363 g/mol. The van der Waals surface area contributed by atoms with Crippen molar-refractivity contribution in [1.29, 1.82) is 0 Å². The highest BCUT2D eigenvalue weighted by molar-refractivity contribution is 6.06. The van der Waals surface area contributed by atoms with E-state index in [0.29, 0.717) is 12.6 Å². The molecule has 1 aliphatic heterocycles. The summed E-state index contributed by atoms with van der Waals surface area (Å²) in [6.07, 6.45) is 5.18. The lowest BCUT2D eigenvalue weighted by Crippen LogP contribution is -2.58. The standard InChI is InChI=1S/C21H25N5O/c22-19-24-20(23)26(21(25-19)13-7-2-8-14-21)17-11-5-6-12-18(17)27-15-16-9-3-1-4-10-16/h1,3-6,9-12H,2,7-8,13-15H2,(H4,22,23,24,25). The fraction of sp³-hybridized carbons (Fsp3) is 0.333. The predicted molar refractivity (Wildman–Crippen MR) is 109 cm³/mol. The van der Waals surface area contributed by atoms with Crippen LogP contribution in [0.15, 0.2) is 64.6 Å². The van der Waals surface area contributed by atoms with E-state index in [1.165, 1.54) is 6.42 Å². The van der Waals surface area contributed by atoms with Crippen molar-refractivity contribution >= 4 is 17.6 Å². The van der Waals surface area contributed by atoms with E-state index >= 15 is 0 Å². The molecule has 6 heteroatoms. The summed E-state index contributed by atoms with van der Waals surface area (Å²) in [5, 5.41) is 0. The molecule has 1 aliphatic carbocycles. The molecular weight excluding hydrogens is 338 g/mol.